The van der Waals surface area contributed by atoms with E-state index in [0.717, 1.165) is 0 Å². The number of hydrogen-bond donors (Lipinski definition) is 2. The first-order chi connectivity index (χ1) is 6.13. The highest BCUT2D eigenvalue weighted by Crippen LogP contribution is 2.19. The Hall–Kier alpha value is -1.42. The molecule has 0 aliphatic heterocycles. The summed E-state index contributed by atoms with van der Waals surface area (Å²) < 4.78 is 13.3. The number of alkyl halides is 1. The molecule has 0 radical (unpaired) electrons. The molecule has 0 saturated carbocycles. The maximum atomic E-state index is 13.3. The lowest BCUT2D eigenvalue weighted by atomic mass is 10.0. The molecular weight excluding hydrogens is 173 g/mol. The van der Waals surface area contributed by atoms with Crippen molar-refractivity contribution < 1.29 is 14.3 Å². The van der Waals surface area contributed by atoms with Gasteiger partial charge in [0.05, 0.1) is 0 Å². The third kappa shape index (κ3) is 2.26. The van der Waals surface area contributed by atoms with Gasteiger partial charge in [0.25, 0.3) is 0 Å². The third-order valence-electron chi connectivity index (χ3n) is 1.72. The van der Waals surface area contributed by atoms with E-state index in [9.17, 15) is 9.18 Å². The van der Waals surface area contributed by atoms with E-state index in [4.69, 9.17) is 10.8 Å². The number of carboxylic acid groups (broad SMARTS) is 1. The van der Waals surface area contributed by atoms with Crippen molar-refractivity contribution in [3.05, 3.63) is 35.9 Å². The molecule has 70 valence electrons. The van der Waals surface area contributed by atoms with E-state index < -0.39 is 18.2 Å². The van der Waals surface area contributed by atoms with Gasteiger partial charge in [-0.25, -0.2) is 4.39 Å². The van der Waals surface area contributed by atoms with Gasteiger partial charge in [-0.05, 0) is 5.56 Å². The van der Waals surface area contributed by atoms with E-state index in [0.29, 0.717) is 0 Å². The zero-order chi connectivity index (χ0) is 9.84. The molecule has 1 aromatic carbocycles. The standard InChI is InChI=1S/C9H10FNO2/c10-7(8(11)9(12)13)6-4-2-1-3-5-6/h1-5,7-8H,11H2,(H,12,13)/t7-,8+/m0/s1. The van der Waals surface area contributed by atoms with Crippen LogP contribution in [0.25, 0.3) is 0 Å². The van der Waals surface area contributed by atoms with Gasteiger partial charge in [-0.3, -0.25) is 4.79 Å². The molecule has 0 aromatic heterocycles. The second-order valence-corrected chi connectivity index (χ2v) is 2.68. The normalized spacial score (nSPS) is 14.9. The number of carbonyl (C=O) groups is 1. The van der Waals surface area contributed by atoms with E-state index >= 15 is 0 Å². The first kappa shape index (κ1) is 9.67. The molecule has 3 nitrogen and oxygen atoms in total. The van der Waals surface area contributed by atoms with Crippen molar-refractivity contribution in [2.45, 2.75) is 12.2 Å². The van der Waals surface area contributed by atoms with Crippen LogP contribution in [-0.4, -0.2) is 17.1 Å². The Labute approximate surface area is 75.0 Å². The quantitative estimate of drug-likeness (QED) is 0.737. The summed E-state index contributed by atoms with van der Waals surface area (Å²) in [7, 11) is 0. The van der Waals surface area contributed by atoms with Gasteiger partial charge in [0.2, 0.25) is 0 Å². The van der Waals surface area contributed by atoms with Crippen molar-refractivity contribution in [2.75, 3.05) is 0 Å². The van der Waals surface area contributed by atoms with Crippen LogP contribution in [0.3, 0.4) is 0 Å². The predicted octanol–water partition coefficient (Wildman–Crippen LogP) is 1.11. The van der Waals surface area contributed by atoms with Crippen molar-refractivity contribution in [3.8, 4) is 0 Å². The van der Waals surface area contributed by atoms with E-state index in [2.05, 4.69) is 0 Å². The number of rotatable bonds is 3. The summed E-state index contributed by atoms with van der Waals surface area (Å²) in [5.41, 5.74) is 5.41. The van der Waals surface area contributed by atoms with Crippen LogP contribution in [0.15, 0.2) is 30.3 Å². The summed E-state index contributed by atoms with van der Waals surface area (Å²) in [5.74, 6) is -1.34. The predicted molar refractivity (Wildman–Crippen MR) is 45.9 cm³/mol. The van der Waals surface area contributed by atoms with Crippen LogP contribution < -0.4 is 5.73 Å². The Kier molecular flexibility index (Phi) is 2.97. The molecular formula is C9H10FNO2. The molecule has 2 atom stereocenters. The molecule has 0 unspecified atom stereocenters. The van der Waals surface area contributed by atoms with E-state index in [-0.39, 0.29) is 5.56 Å². The largest absolute Gasteiger partial charge is 0.480 e. The van der Waals surface area contributed by atoms with Gasteiger partial charge in [0.15, 0.2) is 6.17 Å². The van der Waals surface area contributed by atoms with Crippen LogP contribution in [0.5, 0.6) is 0 Å². The molecule has 13 heavy (non-hydrogen) atoms. The Bertz CT molecular complexity index is 289. The molecule has 0 fully saturated rings. The lowest BCUT2D eigenvalue weighted by Gasteiger charge is -2.12. The molecule has 3 N–H and O–H groups in total. The topological polar surface area (TPSA) is 63.3 Å². The molecule has 0 heterocycles. The summed E-state index contributed by atoms with van der Waals surface area (Å²) in [6.45, 7) is 0. The second kappa shape index (κ2) is 4.00. The average Bonchev–Trinajstić information content (AvgIpc) is 2.17. The second-order valence-electron chi connectivity index (χ2n) is 2.68. The molecule has 1 aromatic rings. The zero-order valence-corrected chi connectivity index (χ0v) is 6.85. The van der Waals surface area contributed by atoms with Crippen molar-refractivity contribution in [1.82, 2.24) is 0 Å². The first-order valence-electron chi connectivity index (χ1n) is 3.80. The fraction of sp³-hybridized carbons (Fsp3) is 0.222. The van der Waals surface area contributed by atoms with Gasteiger partial charge in [-0.15, -0.1) is 0 Å². The van der Waals surface area contributed by atoms with Crippen LogP contribution in [0.1, 0.15) is 11.7 Å². The summed E-state index contributed by atoms with van der Waals surface area (Å²) in [5, 5.41) is 8.45. The number of benzene rings is 1. The highest BCUT2D eigenvalue weighted by Gasteiger charge is 2.24. The maximum absolute atomic E-state index is 13.3. The van der Waals surface area contributed by atoms with E-state index in [1.165, 1.54) is 12.1 Å². The molecule has 0 saturated heterocycles. The minimum Gasteiger partial charge on any atom is -0.480 e. The van der Waals surface area contributed by atoms with Crippen LogP contribution in [0.2, 0.25) is 0 Å². The van der Waals surface area contributed by atoms with E-state index in [1.54, 1.807) is 18.2 Å². The Morgan fingerprint density at radius 3 is 2.38 bits per heavy atom. The highest BCUT2D eigenvalue weighted by molar-refractivity contribution is 5.74. The highest BCUT2D eigenvalue weighted by atomic mass is 19.1. The fourth-order valence-electron chi connectivity index (χ4n) is 0.969. The third-order valence-corrected chi connectivity index (χ3v) is 1.72. The maximum Gasteiger partial charge on any atom is 0.323 e. The average molecular weight is 183 g/mol. The minimum absolute atomic E-state index is 0.289. The van der Waals surface area contributed by atoms with Crippen LogP contribution in [0.4, 0.5) is 4.39 Å². The zero-order valence-electron chi connectivity index (χ0n) is 6.85. The van der Waals surface area contributed by atoms with Crippen LogP contribution in [0, 0.1) is 0 Å². The van der Waals surface area contributed by atoms with Gasteiger partial charge in [-0.2, -0.15) is 0 Å². The number of halogens is 1. The van der Waals surface area contributed by atoms with Gasteiger partial charge < -0.3 is 10.8 Å². The van der Waals surface area contributed by atoms with Gasteiger partial charge >= 0.3 is 5.97 Å². The Morgan fingerprint density at radius 2 is 1.92 bits per heavy atom. The molecule has 0 amide bonds. The Morgan fingerprint density at radius 1 is 1.38 bits per heavy atom. The van der Waals surface area contributed by atoms with Crippen molar-refractivity contribution in [3.63, 3.8) is 0 Å². The summed E-state index contributed by atoms with van der Waals surface area (Å²) >= 11 is 0. The lowest BCUT2D eigenvalue weighted by molar-refractivity contribution is -0.140. The molecule has 0 spiro atoms. The van der Waals surface area contributed by atoms with Crippen molar-refractivity contribution in [2.24, 2.45) is 5.73 Å². The monoisotopic (exact) mass is 183 g/mol. The summed E-state index contributed by atoms with van der Waals surface area (Å²) in [4.78, 5) is 10.3. The van der Waals surface area contributed by atoms with Crippen molar-refractivity contribution >= 4 is 5.97 Å². The molecule has 1 rings (SSSR count). The van der Waals surface area contributed by atoms with Crippen molar-refractivity contribution in [1.29, 1.82) is 0 Å². The Balaban J connectivity index is 2.79. The molecule has 0 aliphatic rings. The molecule has 0 aliphatic carbocycles. The number of hydrogen-bond acceptors (Lipinski definition) is 2. The van der Waals surface area contributed by atoms with Gasteiger partial charge in [0, 0.05) is 0 Å². The van der Waals surface area contributed by atoms with Crippen LogP contribution in [-0.2, 0) is 4.79 Å². The van der Waals surface area contributed by atoms with Gasteiger partial charge in [-0.1, -0.05) is 30.3 Å². The van der Waals surface area contributed by atoms with Gasteiger partial charge in [0.1, 0.15) is 6.04 Å². The summed E-state index contributed by atoms with van der Waals surface area (Å²) in [6, 6.07) is 6.51. The number of carboxylic acids is 1. The molecule has 0 bridgehead atoms. The smallest absolute Gasteiger partial charge is 0.323 e. The minimum atomic E-state index is -1.65. The SMILES string of the molecule is N[C@@H](C(=O)O)[C@@H](F)c1ccccc1. The lowest BCUT2D eigenvalue weighted by Crippen LogP contribution is -2.34. The number of aliphatic carboxylic acids is 1. The molecule has 4 heteroatoms. The fourth-order valence-corrected chi connectivity index (χ4v) is 0.969. The van der Waals surface area contributed by atoms with E-state index in [1.807, 2.05) is 0 Å². The number of nitrogens with two attached hydrogens (primary N) is 1. The summed E-state index contributed by atoms with van der Waals surface area (Å²) in [6.07, 6.45) is -1.65. The first-order valence-corrected chi connectivity index (χ1v) is 3.80. The van der Waals surface area contributed by atoms with Crippen LogP contribution >= 0.6 is 0 Å².